The molecule has 96 valence electrons. The topological polar surface area (TPSA) is 41.9 Å². The first-order valence-electron chi connectivity index (χ1n) is 5.49. The van der Waals surface area contributed by atoms with Crippen LogP contribution in [0.5, 0.6) is 0 Å². The number of cyclic esters (lactones) is 1. The minimum atomic E-state index is -0.740. The van der Waals surface area contributed by atoms with Crippen molar-refractivity contribution in [2.75, 3.05) is 6.61 Å². The highest BCUT2D eigenvalue weighted by Gasteiger charge is 2.32. The Kier molecular flexibility index (Phi) is 4.44. The van der Waals surface area contributed by atoms with E-state index in [1.165, 1.54) is 11.2 Å². The molecule has 18 heavy (non-hydrogen) atoms. The quantitative estimate of drug-likeness (QED) is 0.631. The third-order valence-corrected chi connectivity index (χ3v) is 2.78. The van der Waals surface area contributed by atoms with E-state index >= 15 is 0 Å². The standard InChI is InChI=1S/C12H12Cl2N2O2/c13-11(14)7-15-16-10(8-18-12(16)17)6-9-4-2-1-3-5-9/h1-5,7,10-11H,6,8H2/b15-7+/t10-/m0/s1. The second-order valence-electron chi connectivity index (χ2n) is 3.86. The summed E-state index contributed by atoms with van der Waals surface area (Å²) in [4.78, 5) is 10.8. The molecule has 0 spiro atoms. The predicted molar refractivity (Wildman–Crippen MR) is 71.1 cm³/mol. The Labute approximate surface area is 115 Å². The highest BCUT2D eigenvalue weighted by atomic mass is 35.5. The molecule has 1 aromatic rings. The van der Waals surface area contributed by atoms with Gasteiger partial charge >= 0.3 is 6.09 Å². The first kappa shape index (κ1) is 13.2. The number of nitrogens with zero attached hydrogens (tertiary/aromatic N) is 2. The van der Waals surface area contributed by atoms with Crippen LogP contribution in [0.2, 0.25) is 0 Å². The maximum absolute atomic E-state index is 11.5. The predicted octanol–water partition coefficient (Wildman–Crippen LogP) is 2.84. The van der Waals surface area contributed by atoms with E-state index in [0.717, 1.165) is 5.56 Å². The number of hydrazone groups is 1. The van der Waals surface area contributed by atoms with E-state index in [9.17, 15) is 4.79 Å². The molecule has 1 aliphatic rings. The van der Waals surface area contributed by atoms with Gasteiger partial charge in [0.2, 0.25) is 0 Å². The zero-order valence-electron chi connectivity index (χ0n) is 9.50. The molecule has 0 aliphatic carbocycles. The molecular weight excluding hydrogens is 275 g/mol. The van der Waals surface area contributed by atoms with Gasteiger partial charge in [0.25, 0.3) is 0 Å². The first-order chi connectivity index (χ1) is 8.66. The first-order valence-corrected chi connectivity index (χ1v) is 6.36. The van der Waals surface area contributed by atoms with Crippen LogP contribution in [0.25, 0.3) is 0 Å². The Morgan fingerprint density at radius 2 is 2.17 bits per heavy atom. The summed E-state index contributed by atoms with van der Waals surface area (Å²) in [6.45, 7) is 0.320. The maximum atomic E-state index is 11.5. The van der Waals surface area contributed by atoms with Gasteiger partial charge in [-0.1, -0.05) is 53.5 Å². The van der Waals surface area contributed by atoms with Crippen molar-refractivity contribution >= 4 is 35.5 Å². The molecule has 0 saturated carbocycles. The summed E-state index contributed by atoms with van der Waals surface area (Å²) in [5.41, 5.74) is 1.12. The monoisotopic (exact) mass is 286 g/mol. The van der Waals surface area contributed by atoms with Crippen molar-refractivity contribution in [3.8, 4) is 0 Å². The highest BCUT2D eigenvalue weighted by Crippen LogP contribution is 2.17. The molecule has 0 bridgehead atoms. The van der Waals surface area contributed by atoms with Crippen molar-refractivity contribution in [2.24, 2.45) is 5.10 Å². The molecule has 1 amide bonds. The summed E-state index contributed by atoms with van der Waals surface area (Å²) in [7, 11) is 0. The smallest absolute Gasteiger partial charge is 0.430 e. The molecule has 1 aromatic carbocycles. The molecule has 1 aliphatic heterocycles. The zero-order chi connectivity index (χ0) is 13.0. The molecule has 6 heteroatoms. The largest absolute Gasteiger partial charge is 0.446 e. The number of hydrogen-bond acceptors (Lipinski definition) is 3. The van der Waals surface area contributed by atoms with Gasteiger partial charge in [-0.2, -0.15) is 10.1 Å². The van der Waals surface area contributed by atoms with Crippen LogP contribution in [-0.2, 0) is 11.2 Å². The number of carbonyl (C=O) groups is 1. The Morgan fingerprint density at radius 3 is 2.83 bits per heavy atom. The van der Waals surface area contributed by atoms with Crippen LogP contribution in [0.1, 0.15) is 5.56 Å². The van der Waals surface area contributed by atoms with Gasteiger partial charge in [0.05, 0.1) is 12.3 Å². The summed E-state index contributed by atoms with van der Waals surface area (Å²) in [6.07, 6.45) is 1.51. The number of benzene rings is 1. The van der Waals surface area contributed by atoms with E-state index in [-0.39, 0.29) is 6.04 Å². The molecule has 4 nitrogen and oxygen atoms in total. The van der Waals surface area contributed by atoms with Crippen molar-refractivity contribution < 1.29 is 9.53 Å². The van der Waals surface area contributed by atoms with Crippen LogP contribution < -0.4 is 0 Å². The summed E-state index contributed by atoms with van der Waals surface area (Å²) in [5.74, 6) is 0. The van der Waals surface area contributed by atoms with Gasteiger partial charge < -0.3 is 4.74 Å². The lowest BCUT2D eigenvalue weighted by molar-refractivity contribution is 0.159. The van der Waals surface area contributed by atoms with E-state index in [2.05, 4.69) is 5.10 Å². The van der Waals surface area contributed by atoms with Gasteiger partial charge in [-0.15, -0.1) is 0 Å². The fraction of sp³-hybridized carbons (Fsp3) is 0.333. The van der Waals surface area contributed by atoms with Gasteiger partial charge in [-0.3, -0.25) is 0 Å². The lowest BCUT2D eigenvalue weighted by Crippen LogP contribution is -2.30. The van der Waals surface area contributed by atoms with Gasteiger partial charge in [0.1, 0.15) is 11.4 Å². The summed E-state index contributed by atoms with van der Waals surface area (Å²) >= 11 is 11.1. The number of halogens is 2. The fourth-order valence-electron chi connectivity index (χ4n) is 1.75. The summed E-state index contributed by atoms with van der Waals surface area (Å²) in [6, 6.07) is 9.72. The van der Waals surface area contributed by atoms with Crippen LogP contribution in [0.4, 0.5) is 4.79 Å². The molecule has 1 fully saturated rings. The van der Waals surface area contributed by atoms with Crippen molar-refractivity contribution in [1.82, 2.24) is 5.01 Å². The number of ether oxygens (including phenoxy) is 1. The van der Waals surface area contributed by atoms with Gasteiger partial charge in [-0.25, -0.2) is 4.79 Å². The maximum Gasteiger partial charge on any atom is 0.430 e. The third kappa shape index (κ3) is 3.37. The molecule has 2 rings (SSSR count). The van der Waals surface area contributed by atoms with E-state index in [1.54, 1.807) is 0 Å². The third-order valence-electron chi connectivity index (χ3n) is 2.55. The Morgan fingerprint density at radius 1 is 1.44 bits per heavy atom. The average molecular weight is 287 g/mol. The van der Waals surface area contributed by atoms with Gasteiger partial charge in [0, 0.05) is 0 Å². The van der Waals surface area contributed by atoms with Gasteiger partial charge in [0.15, 0.2) is 0 Å². The van der Waals surface area contributed by atoms with E-state index in [0.29, 0.717) is 13.0 Å². The van der Waals surface area contributed by atoms with Crippen molar-refractivity contribution in [1.29, 1.82) is 0 Å². The van der Waals surface area contributed by atoms with Crippen molar-refractivity contribution in [3.63, 3.8) is 0 Å². The van der Waals surface area contributed by atoms with E-state index in [4.69, 9.17) is 27.9 Å². The highest BCUT2D eigenvalue weighted by molar-refractivity contribution is 6.51. The Balaban J connectivity index is 2.05. The summed E-state index contributed by atoms with van der Waals surface area (Å²) in [5, 5.41) is 5.23. The number of amides is 1. The van der Waals surface area contributed by atoms with Crippen molar-refractivity contribution in [3.05, 3.63) is 35.9 Å². The molecule has 1 heterocycles. The normalized spacial score (nSPS) is 19.8. The van der Waals surface area contributed by atoms with Crippen molar-refractivity contribution in [2.45, 2.75) is 17.3 Å². The zero-order valence-corrected chi connectivity index (χ0v) is 11.0. The number of rotatable bonds is 4. The van der Waals surface area contributed by atoms with E-state index < -0.39 is 10.9 Å². The second-order valence-corrected chi connectivity index (χ2v) is 5.03. The molecular formula is C12H12Cl2N2O2. The molecule has 0 aromatic heterocycles. The fourth-order valence-corrected chi connectivity index (χ4v) is 1.85. The molecule has 1 atom stereocenters. The number of carbonyl (C=O) groups excluding carboxylic acids is 1. The van der Waals surface area contributed by atoms with Crippen LogP contribution in [-0.4, -0.2) is 34.8 Å². The number of alkyl halides is 2. The van der Waals surface area contributed by atoms with Crippen LogP contribution in [0.3, 0.4) is 0 Å². The van der Waals surface area contributed by atoms with Crippen LogP contribution in [0.15, 0.2) is 35.4 Å². The lowest BCUT2D eigenvalue weighted by Gasteiger charge is -2.15. The number of hydrogen-bond donors (Lipinski definition) is 0. The van der Waals surface area contributed by atoms with Gasteiger partial charge in [-0.05, 0) is 12.0 Å². The van der Waals surface area contributed by atoms with E-state index in [1.807, 2.05) is 30.3 Å². The second kappa shape index (κ2) is 6.07. The SMILES string of the molecule is O=C1OC[C@H](Cc2ccccc2)N1/N=C/C(Cl)Cl. The minimum absolute atomic E-state index is 0.122. The molecule has 0 unspecified atom stereocenters. The minimum Gasteiger partial charge on any atom is -0.446 e. The Bertz CT molecular complexity index is 437. The molecule has 0 N–H and O–H groups in total. The lowest BCUT2D eigenvalue weighted by atomic mass is 10.1. The molecule has 1 saturated heterocycles. The Hall–Kier alpha value is -1.26. The van der Waals surface area contributed by atoms with Crippen LogP contribution >= 0.6 is 23.2 Å². The van der Waals surface area contributed by atoms with Crippen LogP contribution in [0, 0.1) is 0 Å². The molecule has 0 radical (unpaired) electrons. The summed E-state index contributed by atoms with van der Waals surface area (Å²) < 4.78 is 4.97. The average Bonchev–Trinajstić information content (AvgIpc) is 2.69.